The molecule has 0 aliphatic heterocycles. The third-order valence-electron chi connectivity index (χ3n) is 3.25. The van der Waals surface area contributed by atoms with Crippen LogP contribution in [0.3, 0.4) is 0 Å². The van der Waals surface area contributed by atoms with Gasteiger partial charge in [-0.05, 0) is 66.1 Å². The average molecular weight is 226 g/mol. The van der Waals surface area contributed by atoms with Crippen molar-refractivity contribution >= 4 is 0 Å². The highest BCUT2D eigenvalue weighted by Crippen LogP contribution is 2.26. The molecule has 0 aromatic heterocycles. The summed E-state index contributed by atoms with van der Waals surface area (Å²) in [6.45, 7) is 12.7. The SMILES string of the molecule is CCN(CCCCCNC(C)(C)C)C1CC1. The Hall–Kier alpha value is -0.0800. The summed E-state index contributed by atoms with van der Waals surface area (Å²) in [6, 6.07) is 0.942. The summed E-state index contributed by atoms with van der Waals surface area (Å²) in [5.74, 6) is 0. The van der Waals surface area contributed by atoms with Crippen LogP contribution in [0.2, 0.25) is 0 Å². The van der Waals surface area contributed by atoms with Gasteiger partial charge in [-0.2, -0.15) is 0 Å². The van der Waals surface area contributed by atoms with Crippen LogP contribution in [0.25, 0.3) is 0 Å². The van der Waals surface area contributed by atoms with E-state index in [0.717, 1.165) is 6.04 Å². The molecule has 0 heterocycles. The maximum absolute atomic E-state index is 3.55. The molecule has 0 radical (unpaired) electrons. The van der Waals surface area contributed by atoms with E-state index >= 15 is 0 Å². The van der Waals surface area contributed by atoms with Gasteiger partial charge in [-0.1, -0.05) is 13.3 Å². The van der Waals surface area contributed by atoms with Crippen molar-refractivity contribution in [3.63, 3.8) is 0 Å². The molecule has 0 aromatic rings. The van der Waals surface area contributed by atoms with Crippen LogP contribution in [0.15, 0.2) is 0 Å². The minimum atomic E-state index is 0.281. The lowest BCUT2D eigenvalue weighted by Gasteiger charge is -2.21. The minimum Gasteiger partial charge on any atom is -0.312 e. The fourth-order valence-corrected chi connectivity index (χ4v) is 2.12. The Kier molecular flexibility index (Phi) is 5.77. The maximum atomic E-state index is 3.55. The molecule has 1 aliphatic carbocycles. The van der Waals surface area contributed by atoms with Gasteiger partial charge in [-0.3, -0.25) is 0 Å². The van der Waals surface area contributed by atoms with E-state index in [9.17, 15) is 0 Å². The number of rotatable bonds is 8. The van der Waals surface area contributed by atoms with Gasteiger partial charge in [-0.15, -0.1) is 0 Å². The summed E-state index contributed by atoms with van der Waals surface area (Å²) >= 11 is 0. The van der Waals surface area contributed by atoms with Gasteiger partial charge >= 0.3 is 0 Å². The third kappa shape index (κ3) is 6.49. The molecular formula is C14H30N2. The van der Waals surface area contributed by atoms with Crippen LogP contribution >= 0.6 is 0 Å². The number of nitrogens with zero attached hydrogens (tertiary/aromatic N) is 1. The van der Waals surface area contributed by atoms with Crippen molar-refractivity contribution in [3.05, 3.63) is 0 Å². The van der Waals surface area contributed by atoms with E-state index in [0.29, 0.717) is 0 Å². The molecular weight excluding hydrogens is 196 g/mol. The topological polar surface area (TPSA) is 15.3 Å². The molecule has 0 spiro atoms. The second-order valence-electron chi connectivity index (χ2n) is 6.10. The zero-order valence-electron chi connectivity index (χ0n) is 11.7. The van der Waals surface area contributed by atoms with Crippen molar-refractivity contribution in [3.8, 4) is 0 Å². The summed E-state index contributed by atoms with van der Waals surface area (Å²) in [6.07, 6.45) is 6.95. The van der Waals surface area contributed by atoms with Crippen molar-refractivity contribution in [2.45, 2.75) is 71.4 Å². The zero-order valence-corrected chi connectivity index (χ0v) is 11.7. The van der Waals surface area contributed by atoms with E-state index in [4.69, 9.17) is 0 Å². The molecule has 2 nitrogen and oxygen atoms in total. The lowest BCUT2D eigenvalue weighted by molar-refractivity contribution is 0.270. The Morgan fingerprint density at radius 3 is 2.31 bits per heavy atom. The van der Waals surface area contributed by atoms with Gasteiger partial charge in [-0.25, -0.2) is 0 Å². The number of hydrogen-bond acceptors (Lipinski definition) is 2. The molecule has 1 aliphatic rings. The van der Waals surface area contributed by atoms with E-state index < -0.39 is 0 Å². The highest BCUT2D eigenvalue weighted by Gasteiger charge is 2.26. The first-order valence-electron chi connectivity index (χ1n) is 7.02. The van der Waals surface area contributed by atoms with Crippen LogP contribution in [0.5, 0.6) is 0 Å². The molecule has 2 heteroatoms. The van der Waals surface area contributed by atoms with Crippen LogP contribution < -0.4 is 5.32 Å². The second kappa shape index (κ2) is 6.61. The van der Waals surface area contributed by atoms with Crippen molar-refractivity contribution in [2.75, 3.05) is 19.6 Å². The first kappa shape index (κ1) is 14.0. The number of hydrogen-bond donors (Lipinski definition) is 1. The van der Waals surface area contributed by atoms with E-state index in [1.807, 2.05) is 0 Å². The Balaban J connectivity index is 1.91. The molecule has 0 bridgehead atoms. The van der Waals surface area contributed by atoms with E-state index in [2.05, 4.69) is 37.9 Å². The minimum absolute atomic E-state index is 0.281. The molecule has 0 aromatic carbocycles. The molecule has 0 unspecified atom stereocenters. The third-order valence-corrected chi connectivity index (χ3v) is 3.25. The van der Waals surface area contributed by atoms with Gasteiger partial charge in [0.25, 0.3) is 0 Å². The lowest BCUT2D eigenvalue weighted by atomic mass is 10.1. The molecule has 0 saturated heterocycles. The van der Waals surface area contributed by atoms with Crippen LogP contribution in [0.4, 0.5) is 0 Å². The Morgan fingerprint density at radius 2 is 1.81 bits per heavy atom. The molecule has 96 valence electrons. The predicted octanol–water partition coefficient (Wildman–Crippen LogP) is 3.03. The molecule has 0 atom stereocenters. The van der Waals surface area contributed by atoms with Crippen LogP contribution in [-0.2, 0) is 0 Å². The molecule has 1 fully saturated rings. The first-order valence-corrected chi connectivity index (χ1v) is 7.02. The molecule has 0 amide bonds. The van der Waals surface area contributed by atoms with Gasteiger partial charge < -0.3 is 10.2 Å². The van der Waals surface area contributed by atoms with Crippen molar-refractivity contribution < 1.29 is 0 Å². The standard InChI is InChI=1S/C14H30N2/c1-5-16(13-9-10-13)12-8-6-7-11-15-14(2,3)4/h13,15H,5-12H2,1-4H3. The predicted molar refractivity (Wildman–Crippen MR) is 71.9 cm³/mol. The second-order valence-corrected chi connectivity index (χ2v) is 6.10. The summed E-state index contributed by atoms with van der Waals surface area (Å²) in [5.41, 5.74) is 0.281. The van der Waals surface area contributed by atoms with Gasteiger partial charge in [0.15, 0.2) is 0 Å². The smallest absolute Gasteiger partial charge is 0.00965 e. The fraction of sp³-hybridized carbons (Fsp3) is 1.00. The maximum Gasteiger partial charge on any atom is 0.00965 e. The van der Waals surface area contributed by atoms with Gasteiger partial charge in [0.1, 0.15) is 0 Å². The van der Waals surface area contributed by atoms with E-state index in [-0.39, 0.29) is 5.54 Å². The fourth-order valence-electron chi connectivity index (χ4n) is 2.12. The van der Waals surface area contributed by atoms with E-state index in [1.165, 1.54) is 51.7 Å². The molecule has 1 rings (SSSR count). The monoisotopic (exact) mass is 226 g/mol. The molecule has 16 heavy (non-hydrogen) atoms. The summed E-state index contributed by atoms with van der Waals surface area (Å²) in [7, 11) is 0. The lowest BCUT2D eigenvalue weighted by Crippen LogP contribution is -2.36. The quantitative estimate of drug-likeness (QED) is 0.640. The average Bonchev–Trinajstić information content (AvgIpc) is 2.99. The summed E-state index contributed by atoms with van der Waals surface area (Å²) < 4.78 is 0. The Bertz CT molecular complexity index is 180. The largest absolute Gasteiger partial charge is 0.312 e. The molecule has 1 N–H and O–H groups in total. The molecule has 1 saturated carbocycles. The normalized spacial score (nSPS) is 17.1. The Morgan fingerprint density at radius 1 is 1.12 bits per heavy atom. The van der Waals surface area contributed by atoms with E-state index in [1.54, 1.807) is 0 Å². The highest BCUT2D eigenvalue weighted by atomic mass is 15.2. The number of nitrogens with one attached hydrogen (secondary N) is 1. The van der Waals surface area contributed by atoms with Gasteiger partial charge in [0.05, 0.1) is 0 Å². The van der Waals surface area contributed by atoms with Gasteiger partial charge in [0, 0.05) is 11.6 Å². The first-order chi connectivity index (χ1) is 7.53. The van der Waals surface area contributed by atoms with Crippen molar-refractivity contribution in [2.24, 2.45) is 0 Å². The van der Waals surface area contributed by atoms with Gasteiger partial charge in [0.2, 0.25) is 0 Å². The van der Waals surface area contributed by atoms with Crippen molar-refractivity contribution in [1.82, 2.24) is 10.2 Å². The summed E-state index contributed by atoms with van der Waals surface area (Å²) in [4.78, 5) is 2.65. The van der Waals surface area contributed by atoms with Crippen LogP contribution in [0, 0.1) is 0 Å². The Labute approximate surface area is 102 Å². The zero-order chi connectivity index (χ0) is 12.0. The number of unbranched alkanes of at least 4 members (excludes halogenated alkanes) is 2. The van der Waals surface area contributed by atoms with Crippen LogP contribution in [-0.4, -0.2) is 36.1 Å². The summed E-state index contributed by atoms with van der Waals surface area (Å²) in [5, 5.41) is 3.55. The highest BCUT2D eigenvalue weighted by molar-refractivity contribution is 4.83. The van der Waals surface area contributed by atoms with Crippen molar-refractivity contribution in [1.29, 1.82) is 0 Å². The van der Waals surface area contributed by atoms with Crippen LogP contribution in [0.1, 0.15) is 59.8 Å².